The highest BCUT2D eigenvalue weighted by molar-refractivity contribution is 5.85. The van der Waals surface area contributed by atoms with Crippen molar-refractivity contribution in [1.82, 2.24) is 4.90 Å². The smallest absolute Gasteiger partial charge is 0.317 e. The maximum absolute atomic E-state index is 10.9. The molecule has 1 N–H and O–H groups in total. The van der Waals surface area contributed by atoms with Crippen LogP contribution in [0.1, 0.15) is 34.7 Å². The van der Waals surface area contributed by atoms with Crippen LogP contribution in [0.15, 0.2) is 36.4 Å². The molecule has 142 valence electrons. The summed E-state index contributed by atoms with van der Waals surface area (Å²) in [6, 6.07) is 12.5. The standard InChI is InChI=1S/C21H27NO3.ClH/c1-5-22(13-20(23)24)12-19-10-16(3)21(17(4)11-19)25-14-18-8-6-15(2)7-9-18;/h6-11H,5,12-14H2,1-4H3,(H,23,24);1H. The van der Waals surface area contributed by atoms with Gasteiger partial charge in [-0.05, 0) is 49.6 Å². The molecule has 0 atom stereocenters. The normalized spacial score (nSPS) is 10.5. The van der Waals surface area contributed by atoms with Gasteiger partial charge in [0.05, 0.1) is 6.54 Å². The van der Waals surface area contributed by atoms with Crippen molar-refractivity contribution < 1.29 is 14.6 Å². The maximum Gasteiger partial charge on any atom is 0.317 e. The molecule has 0 spiro atoms. The molecule has 0 aromatic heterocycles. The number of hydrogen-bond acceptors (Lipinski definition) is 3. The van der Waals surface area contributed by atoms with Crippen LogP contribution in [0, 0.1) is 20.8 Å². The monoisotopic (exact) mass is 377 g/mol. The van der Waals surface area contributed by atoms with E-state index in [0.717, 1.165) is 28.0 Å². The zero-order chi connectivity index (χ0) is 18.4. The quantitative estimate of drug-likeness (QED) is 0.734. The number of likely N-dealkylation sites (N-methyl/N-ethyl adjacent to an activating group) is 1. The second kappa shape index (κ2) is 10.2. The van der Waals surface area contributed by atoms with Gasteiger partial charge in [0.1, 0.15) is 12.4 Å². The van der Waals surface area contributed by atoms with Crippen molar-refractivity contribution in [3.63, 3.8) is 0 Å². The van der Waals surface area contributed by atoms with Crippen LogP contribution in [0.2, 0.25) is 0 Å². The zero-order valence-corrected chi connectivity index (χ0v) is 16.7. The molecule has 0 heterocycles. The Balaban J connectivity index is 0.00000338. The van der Waals surface area contributed by atoms with Crippen molar-refractivity contribution in [2.45, 2.75) is 40.8 Å². The van der Waals surface area contributed by atoms with Gasteiger partial charge in [-0.1, -0.05) is 48.9 Å². The van der Waals surface area contributed by atoms with E-state index in [1.807, 2.05) is 25.7 Å². The summed E-state index contributed by atoms with van der Waals surface area (Å²) in [5, 5.41) is 8.98. The van der Waals surface area contributed by atoms with E-state index in [9.17, 15) is 4.79 Å². The Morgan fingerprint density at radius 1 is 1.04 bits per heavy atom. The Labute approximate surface area is 162 Å². The van der Waals surface area contributed by atoms with E-state index in [0.29, 0.717) is 19.7 Å². The first-order valence-corrected chi connectivity index (χ1v) is 8.61. The Morgan fingerprint density at radius 3 is 2.12 bits per heavy atom. The van der Waals surface area contributed by atoms with Gasteiger partial charge >= 0.3 is 5.97 Å². The second-order valence-corrected chi connectivity index (χ2v) is 6.53. The van der Waals surface area contributed by atoms with E-state index in [-0.39, 0.29) is 19.0 Å². The van der Waals surface area contributed by atoms with Crippen LogP contribution in [-0.2, 0) is 17.9 Å². The van der Waals surface area contributed by atoms with Gasteiger partial charge in [-0.15, -0.1) is 12.4 Å². The van der Waals surface area contributed by atoms with E-state index < -0.39 is 5.97 Å². The molecule has 0 saturated carbocycles. The zero-order valence-electron chi connectivity index (χ0n) is 15.9. The lowest BCUT2D eigenvalue weighted by Crippen LogP contribution is -2.29. The van der Waals surface area contributed by atoms with Crippen LogP contribution >= 0.6 is 12.4 Å². The minimum absolute atomic E-state index is 0. The molecule has 0 saturated heterocycles. The fraction of sp³-hybridized carbons (Fsp3) is 0.381. The number of carbonyl (C=O) groups is 1. The van der Waals surface area contributed by atoms with Gasteiger partial charge in [-0.25, -0.2) is 0 Å². The van der Waals surface area contributed by atoms with Gasteiger partial charge in [0.2, 0.25) is 0 Å². The summed E-state index contributed by atoms with van der Waals surface area (Å²) < 4.78 is 6.04. The van der Waals surface area contributed by atoms with Crippen LogP contribution in [0.5, 0.6) is 5.75 Å². The first kappa shape index (κ1) is 22.0. The van der Waals surface area contributed by atoms with Crippen molar-refractivity contribution in [3.05, 3.63) is 64.2 Å². The molecule has 0 radical (unpaired) electrons. The predicted octanol–water partition coefficient (Wildman–Crippen LogP) is 4.52. The molecule has 26 heavy (non-hydrogen) atoms. The summed E-state index contributed by atoms with van der Waals surface area (Å²) in [5.74, 6) is 0.110. The molecular formula is C21H28ClNO3. The van der Waals surface area contributed by atoms with Gasteiger partial charge in [0.15, 0.2) is 0 Å². The third-order valence-corrected chi connectivity index (χ3v) is 4.24. The molecular weight excluding hydrogens is 350 g/mol. The molecule has 0 aliphatic carbocycles. The molecule has 4 nitrogen and oxygen atoms in total. The molecule has 0 aliphatic rings. The van der Waals surface area contributed by atoms with E-state index in [1.165, 1.54) is 5.56 Å². The summed E-state index contributed by atoms with van der Waals surface area (Å²) in [4.78, 5) is 12.8. The van der Waals surface area contributed by atoms with E-state index in [1.54, 1.807) is 0 Å². The number of hydrogen-bond donors (Lipinski definition) is 1. The number of carboxylic acids is 1. The van der Waals surface area contributed by atoms with Crippen molar-refractivity contribution >= 4 is 18.4 Å². The van der Waals surface area contributed by atoms with Crippen LogP contribution < -0.4 is 4.74 Å². The van der Waals surface area contributed by atoms with Gasteiger partial charge in [0.25, 0.3) is 0 Å². The number of benzene rings is 2. The second-order valence-electron chi connectivity index (χ2n) is 6.53. The van der Waals surface area contributed by atoms with Crippen LogP contribution in [-0.4, -0.2) is 29.1 Å². The van der Waals surface area contributed by atoms with Crippen molar-refractivity contribution in [3.8, 4) is 5.75 Å². The Kier molecular flexibility index (Phi) is 8.62. The predicted molar refractivity (Wildman–Crippen MR) is 107 cm³/mol. The van der Waals surface area contributed by atoms with Crippen molar-refractivity contribution in [2.24, 2.45) is 0 Å². The van der Waals surface area contributed by atoms with Gasteiger partial charge in [-0.3, -0.25) is 9.69 Å². The minimum Gasteiger partial charge on any atom is -0.488 e. The van der Waals surface area contributed by atoms with E-state index >= 15 is 0 Å². The van der Waals surface area contributed by atoms with E-state index in [4.69, 9.17) is 9.84 Å². The molecule has 0 aliphatic heterocycles. The fourth-order valence-electron chi connectivity index (χ4n) is 2.93. The van der Waals surface area contributed by atoms with Gasteiger partial charge < -0.3 is 9.84 Å². The van der Waals surface area contributed by atoms with Crippen molar-refractivity contribution in [2.75, 3.05) is 13.1 Å². The average Bonchev–Trinajstić information content (AvgIpc) is 2.54. The highest BCUT2D eigenvalue weighted by atomic mass is 35.5. The largest absolute Gasteiger partial charge is 0.488 e. The lowest BCUT2D eigenvalue weighted by Gasteiger charge is -2.20. The first-order valence-electron chi connectivity index (χ1n) is 8.61. The lowest BCUT2D eigenvalue weighted by atomic mass is 10.0. The molecule has 0 unspecified atom stereocenters. The van der Waals surface area contributed by atoms with Crippen molar-refractivity contribution in [1.29, 1.82) is 0 Å². The lowest BCUT2D eigenvalue weighted by molar-refractivity contribution is -0.138. The highest BCUT2D eigenvalue weighted by Gasteiger charge is 2.12. The topological polar surface area (TPSA) is 49.8 Å². The number of halogens is 1. The third-order valence-electron chi connectivity index (χ3n) is 4.24. The molecule has 0 amide bonds. The molecule has 5 heteroatoms. The van der Waals surface area contributed by atoms with Gasteiger partial charge in [0, 0.05) is 6.54 Å². The number of aryl methyl sites for hydroxylation is 3. The number of rotatable bonds is 8. The number of nitrogens with zero attached hydrogens (tertiary/aromatic N) is 1. The number of carboxylic acid groups (broad SMARTS) is 1. The summed E-state index contributed by atoms with van der Waals surface area (Å²) in [6.07, 6.45) is 0. The molecule has 2 aromatic carbocycles. The average molecular weight is 378 g/mol. The highest BCUT2D eigenvalue weighted by Crippen LogP contribution is 2.26. The molecule has 0 fully saturated rings. The number of ether oxygens (including phenoxy) is 1. The summed E-state index contributed by atoms with van der Waals surface area (Å²) in [5.41, 5.74) is 5.65. The third kappa shape index (κ3) is 6.36. The molecule has 0 bridgehead atoms. The van der Waals surface area contributed by atoms with Crippen LogP contribution in [0.25, 0.3) is 0 Å². The summed E-state index contributed by atoms with van der Waals surface area (Å²) in [6.45, 7) is 10.0. The summed E-state index contributed by atoms with van der Waals surface area (Å²) in [7, 11) is 0. The van der Waals surface area contributed by atoms with Crippen LogP contribution in [0.3, 0.4) is 0 Å². The minimum atomic E-state index is -0.798. The first-order chi connectivity index (χ1) is 11.9. The van der Waals surface area contributed by atoms with Gasteiger partial charge in [-0.2, -0.15) is 0 Å². The number of aliphatic carboxylic acids is 1. The summed E-state index contributed by atoms with van der Waals surface area (Å²) >= 11 is 0. The molecule has 2 aromatic rings. The maximum atomic E-state index is 10.9. The van der Waals surface area contributed by atoms with E-state index in [2.05, 4.69) is 43.3 Å². The Bertz CT molecular complexity index is 706. The SMILES string of the molecule is CCN(CC(=O)O)Cc1cc(C)c(OCc2ccc(C)cc2)c(C)c1.Cl. The van der Waals surface area contributed by atoms with Crippen LogP contribution in [0.4, 0.5) is 0 Å². The molecule has 2 rings (SSSR count). The fourth-order valence-corrected chi connectivity index (χ4v) is 2.93. The Morgan fingerprint density at radius 2 is 1.62 bits per heavy atom. The Hall–Kier alpha value is -2.04.